The monoisotopic (exact) mass is 425 g/mol. The fraction of sp³-hybridized carbons (Fsp3) is 0.174. The first-order chi connectivity index (χ1) is 14.1. The molecule has 6 heteroatoms. The minimum atomic E-state index is -0.536. The smallest absolute Gasteiger partial charge is 0.270 e. The van der Waals surface area contributed by atoms with Gasteiger partial charge in [0.1, 0.15) is 11.5 Å². The van der Waals surface area contributed by atoms with Crippen LogP contribution in [0.4, 0.5) is 5.69 Å². The molecule has 4 nitrogen and oxygen atoms in total. The van der Waals surface area contributed by atoms with Crippen LogP contribution in [0.5, 0.6) is 11.5 Å². The maximum atomic E-state index is 13.0. The highest BCUT2D eigenvalue weighted by Gasteiger charge is 2.57. The molecule has 0 aliphatic carbocycles. The number of hydrogen-bond acceptors (Lipinski definition) is 3. The third-order valence-electron chi connectivity index (χ3n) is 5.57. The maximum Gasteiger partial charge on any atom is 0.270 e. The SMILES string of the molecule is COc1ccc(N2C(=O)[C@H]3Oc4ccc(Cl)cc4[C@H](c4ccc(Cl)cc4)[C@H]32)cc1. The third-order valence-corrected chi connectivity index (χ3v) is 6.06. The first-order valence-electron chi connectivity index (χ1n) is 9.25. The van der Waals surface area contributed by atoms with Crippen LogP contribution in [0, 0.1) is 0 Å². The van der Waals surface area contributed by atoms with Crippen molar-refractivity contribution in [2.75, 3.05) is 12.0 Å². The second-order valence-electron chi connectivity index (χ2n) is 7.15. The first-order valence-corrected chi connectivity index (χ1v) is 10.0. The average molecular weight is 426 g/mol. The Bertz CT molecular complexity index is 1080. The molecule has 3 atom stereocenters. The number of carbonyl (C=O) groups is 1. The van der Waals surface area contributed by atoms with Gasteiger partial charge < -0.3 is 14.4 Å². The molecule has 0 bridgehead atoms. The Kier molecular flexibility index (Phi) is 4.41. The number of ether oxygens (including phenoxy) is 2. The number of hydrogen-bond donors (Lipinski definition) is 0. The normalized spacial score (nSPS) is 22.2. The van der Waals surface area contributed by atoms with Gasteiger partial charge in [-0.15, -0.1) is 0 Å². The summed E-state index contributed by atoms with van der Waals surface area (Å²) in [6.07, 6.45) is -0.536. The van der Waals surface area contributed by atoms with Crippen LogP contribution in [-0.2, 0) is 4.79 Å². The lowest BCUT2D eigenvalue weighted by molar-refractivity contribution is -0.136. The Balaban J connectivity index is 1.62. The van der Waals surface area contributed by atoms with Crippen LogP contribution in [0.2, 0.25) is 10.0 Å². The topological polar surface area (TPSA) is 38.8 Å². The molecule has 0 N–H and O–H groups in total. The Hall–Kier alpha value is -2.69. The van der Waals surface area contributed by atoms with Crippen molar-refractivity contribution in [3.63, 3.8) is 0 Å². The summed E-state index contributed by atoms with van der Waals surface area (Å²) in [4.78, 5) is 14.8. The summed E-state index contributed by atoms with van der Waals surface area (Å²) in [5, 5.41) is 1.30. The highest BCUT2D eigenvalue weighted by atomic mass is 35.5. The van der Waals surface area contributed by atoms with E-state index in [1.54, 1.807) is 18.1 Å². The van der Waals surface area contributed by atoms with Crippen LogP contribution >= 0.6 is 23.2 Å². The molecule has 3 aromatic rings. The lowest BCUT2D eigenvalue weighted by Gasteiger charge is -2.53. The van der Waals surface area contributed by atoms with E-state index in [-0.39, 0.29) is 17.9 Å². The highest BCUT2D eigenvalue weighted by Crippen LogP contribution is 2.49. The van der Waals surface area contributed by atoms with Crippen LogP contribution < -0.4 is 14.4 Å². The summed E-state index contributed by atoms with van der Waals surface area (Å²) in [6, 6.07) is 20.5. The molecule has 0 saturated carbocycles. The molecule has 0 aromatic heterocycles. The molecule has 0 radical (unpaired) electrons. The second kappa shape index (κ2) is 6.97. The molecular weight excluding hydrogens is 409 g/mol. The van der Waals surface area contributed by atoms with Gasteiger partial charge >= 0.3 is 0 Å². The number of nitrogens with zero attached hydrogens (tertiary/aromatic N) is 1. The van der Waals surface area contributed by atoms with Crippen LogP contribution in [0.25, 0.3) is 0 Å². The van der Waals surface area contributed by atoms with Crippen molar-refractivity contribution in [3.05, 3.63) is 87.9 Å². The summed E-state index contributed by atoms with van der Waals surface area (Å²) in [7, 11) is 1.62. The molecule has 1 saturated heterocycles. The van der Waals surface area contributed by atoms with Gasteiger partial charge in [-0.2, -0.15) is 0 Å². The summed E-state index contributed by atoms with van der Waals surface area (Å²) in [5.74, 6) is 1.29. The van der Waals surface area contributed by atoms with E-state index in [9.17, 15) is 4.79 Å². The average Bonchev–Trinajstić information content (AvgIpc) is 2.74. The Morgan fingerprint density at radius 2 is 1.62 bits per heavy atom. The molecule has 1 amide bonds. The van der Waals surface area contributed by atoms with Gasteiger partial charge in [0.2, 0.25) is 0 Å². The van der Waals surface area contributed by atoms with E-state index in [2.05, 4.69) is 0 Å². The van der Waals surface area contributed by atoms with E-state index in [0.29, 0.717) is 15.8 Å². The molecule has 1 fully saturated rings. The number of halogens is 2. The largest absolute Gasteiger partial charge is 0.497 e. The molecule has 2 heterocycles. The van der Waals surface area contributed by atoms with Gasteiger partial charge in [0.25, 0.3) is 5.91 Å². The molecule has 2 aliphatic heterocycles. The summed E-state index contributed by atoms with van der Waals surface area (Å²) >= 11 is 12.4. The van der Waals surface area contributed by atoms with Crippen LogP contribution in [-0.4, -0.2) is 25.2 Å². The number of fused-ring (bicyclic) bond motifs is 2. The van der Waals surface area contributed by atoms with Crippen molar-refractivity contribution in [3.8, 4) is 11.5 Å². The molecular formula is C23H17Cl2NO3. The van der Waals surface area contributed by atoms with Crippen molar-refractivity contribution < 1.29 is 14.3 Å². The molecule has 29 heavy (non-hydrogen) atoms. The summed E-state index contributed by atoms with van der Waals surface area (Å²) in [6.45, 7) is 0. The number of rotatable bonds is 3. The standard InChI is InChI=1S/C23H17Cl2NO3/c1-28-17-9-7-16(8-10-17)26-21-20(13-2-4-14(24)5-3-13)18-12-15(25)6-11-19(18)29-22(21)23(26)27/h2-12,20-22H,1H3/t20-,21+,22-/m0/s1. The first kappa shape index (κ1) is 18.3. The van der Waals surface area contributed by atoms with E-state index in [0.717, 1.165) is 22.6 Å². The van der Waals surface area contributed by atoms with Gasteiger partial charge in [-0.3, -0.25) is 4.79 Å². The second-order valence-corrected chi connectivity index (χ2v) is 8.02. The summed E-state index contributed by atoms with van der Waals surface area (Å²) < 4.78 is 11.3. The zero-order valence-corrected chi connectivity index (χ0v) is 17.0. The summed E-state index contributed by atoms with van der Waals surface area (Å²) in [5.41, 5.74) is 2.83. The predicted octanol–water partition coefficient (Wildman–Crippen LogP) is 5.31. The number of anilines is 1. The minimum absolute atomic E-state index is 0.0558. The fourth-order valence-electron chi connectivity index (χ4n) is 4.21. The number of carbonyl (C=O) groups excluding carboxylic acids is 1. The predicted molar refractivity (Wildman–Crippen MR) is 113 cm³/mol. The van der Waals surface area contributed by atoms with Crippen molar-refractivity contribution in [1.82, 2.24) is 0 Å². The van der Waals surface area contributed by atoms with Crippen LogP contribution in [0.15, 0.2) is 66.7 Å². The molecule has 3 aromatic carbocycles. The van der Waals surface area contributed by atoms with E-state index in [1.165, 1.54) is 0 Å². The van der Waals surface area contributed by atoms with Gasteiger partial charge in [0.05, 0.1) is 13.2 Å². The zero-order chi connectivity index (χ0) is 20.1. The number of methoxy groups -OCH3 is 1. The molecule has 2 aliphatic rings. The van der Waals surface area contributed by atoms with Crippen LogP contribution in [0.3, 0.4) is 0 Å². The third kappa shape index (κ3) is 2.95. The van der Waals surface area contributed by atoms with Crippen molar-refractivity contribution in [2.24, 2.45) is 0 Å². The van der Waals surface area contributed by atoms with E-state index in [1.807, 2.05) is 60.7 Å². The van der Waals surface area contributed by atoms with E-state index in [4.69, 9.17) is 32.7 Å². The van der Waals surface area contributed by atoms with Gasteiger partial charge in [0, 0.05) is 27.2 Å². The van der Waals surface area contributed by atoms with Gasteiger partial charge in [-0.1, -0.05) is 35.3 Å². The van der Waals surface area contributed by atoms with Gasteiger partial charge in [-0.25, -0.2) is 0 Å². The Morgan fingerprint density at radius 1 is 0.931 bits per heavy atom. The highest BCUT2D eigenvalue weighted by molar-refractivity contribution is 6.31. The number of benzene rings is 3. The van der Waals surface area contributed by atoms with E-state index < -0.39 is 6.10 Å². The minimum Gasteiger partial charge on any atom is -0.497 e. The molecule has 146 valence electrons. The van der Waals surface area contributed by atoms with Crippen molar-refractivity contribution in [1.29, 1.82) is 0 Å². The van der Waals surface area contributed by atoms with E-state index >= 15 is 0 Å². The van der Waals surface area contributed by atoms with Gasteiger partial charge in [0.15, 0.2) is 6.10 Å². The van der Waals surface area contributed by atoms with Crippen molar-refractivity contribution >= 4 is 34.8 Å². The van der Waals surface area contributed by atoms with Crippen LogP contribution in [0.1, 0.15) is 17.0 Å². The maximum absolute atomic E-state index is 13.0. The molecule has 5 rings (SSSR count). The quantitative estimate of drug-likeness (QED) is 0.533. The fourth-order valence-corrected chi connectivity index (χ4v) is 4.51. The number of β-lactam (4-membered cyclic amide) rings is 1. The lowest BCUT2D eigenvalue weighted by Crippen LogP contribution is -2.71. The van der Waals surface area contributed by atoms with Crippen molar-refractivity contribution in [2.45, 2.75) is 18.1 Å². The lowest BCUT2D eigenvalue weighted by atomic mass is 9.75. The molecule has 0 unspecified atom stereocenters. The Labute approximate surface area is 178 Å². The number of amides is 1. The molecule has 0 spiro atoms. The van der Waals surface area contributed by atoms with Gasteiger partial charge in [-0.05, 0) is 60.2 Å². The Morgan fingerprint density at radius 3 is 2.31 bits per heavy atom. The zero-order valence-electron chi connectivity index (χ0n) is 15.5.